The van der Waals surface area contributed by atoms with Crippen molar-refractivity contribution in [3.8, 4) is 0 Å². The van der Waals surface area contributed by atoms with Crippen LogP contribution in [0.25, 0.3) is 0 Å². The Labute approximate surface area is 184 Å². The molecule has 2 aliphatic heterocycles. The molecule has 0 aliphatic carbocycles. The molecule has 0 N–H and O–H groups in total. The number of benzene rings is 2. The van der Waals surface area contributed by atoms with Gasteiger partial charge >= 0.3 is 0 Å². The Kier molecular flexibility index (Phi) is 5.87. The van der Waals surface area contributed by atoms with Crippen LogP contribution in [-0.2, 0) is 19.6 Å². The fourth-order valence-electron chi connectivity index (χ4n) is 3.80. The molecule has 0 radical (unpaired) electrons. The number of carbonyl (C=O) groups is 2. The molecule has 0 saturated carbocycles. The Hall–Kier alpha value is -1.97. The van der Waals surface area contributed by atoms with Crippen LogP contribution in [0.1, 0.15) is 6.42 Å². The van der Waals surface area contributed by atoms with Gasteiger partial charge in [-0.3, -0.25) is 14.5 Å². The molecular weight excluding hydrogens is 449 g/mol. The van der Waals surface area contributed by atoms with Crippen LogP contribution in [0, 0.1) is 0 Å². The summed E-state index contributed by atoms with van der Waals surface area (Å²) in [5, 5.41) is 0.907. The fourth-order valence-corrected chi connectivity index (χ4v) is 5.53. The van der Waals surface area contributed by atoms with Gasteiger partial charge in [0.25, 0.3) is 5.91 Å². The molecule has 0 aromatic heterocycles. The molecule has 2 heterocycles. The van der Waals surface area contributed by atoms with Crippen LogP contribution in [0.2, 0.25) is 10.0 Å². The number of hydrogen-bond acceptors (Lipinski definition) is 5. The number of imide groups is 1. The van der Waals surface area contributed by atoms with Gasteiger partial charge in [-0.15, -0.1) is 0 Å². The summed E-state index contributed by atoms with van der Waals surface area (Å²) >= 11 is 11.8. The van der Waals surface area contributed by atoms with E-state index >= 15 is 0 Å². The maximum atomic E-state index is 12.9. The molecule has 1 atom stereocenters. The number of rotatable bonds is 4. The Balaban J connectivity index is 1.45. The average molecular weight is 468 g/mol. The van der Waals surface area contributed by atoms with E-state index < -0.39 is 16.1 Å². The first-order valence-electron chi connectivity index (χ1n) is 9.39. The number of sulfonamides is 1. The standard InChI is InChI=1S/C20H19Cl2N3O4S/c21-14-4-6-17(7-5-14)30(28,29)24-10-8-23(9-11-24)18-13-19(26)25(20(18)27)16-3-1-2-15(22)12-16/h1-7,12,18H,8-11,13H2/t18-/m0/s1. The van der Waals surface area contributed by atoms with Gasteiger partial charge in [-0.05, 0) is 42.5 Å². The topological polar surface area (TPSA) is 78.0 Å². The van der Waals surface area contributed by atoms with Crippen LogP contribution in [-0.4, -0.2) is 61.7 Å². The molecule has 0 bridgehead atoms. The lowest BCUT2D eigenvalue weighted by atomic mass is 10.2. The van der Waals surface area contributed by atoms with E-state index in [-0.39, 0.29) is 36.2 Å². The van der Waals surface area contributed by atoms with Gasteiger partial charge in [0.05, 0.1) is 23.0 Å². The van der Waals surface area contributed by atoms with Gasteiger partial charge < -0.3 is 0 Å². The molecule has 10 heteroatoms. The lowest BCUT2D eigenvalue weighted by Gasteiger charge is -2.36. The Morgan fingerprint density at radius 2 is 1.53 bits per heavy atom. The molecule has 0 spiro atoms. The van der Waals surface area contributed by atoms with E-state index in [4.69, 9.17) is 23.2 Å². The second-order valence-electron chi connectivity index (χ2n) is 7.16. The van der Waals surface area contributed by atoms with Crippen molar-refractivity contribution in [2.45, 2.75) is 17.4 Å². The Morgan fingerprint density at radius 3 is 2.17 bits per heavy atom. The van der Waals surface area contributed by atoms with Gasteiger partial charge in [-0.25, -0.2) is 13.3 Å². The quantitative estimate of drug-likeness (QED) is 0.645. The minimum atomic E-state index is -3.64. The third-order valence-electron chi connectivity index (χ3n) is 5.35. The van der Waals surface area contributed by atoms with Crippen molar-refractivity contribution in [2.75, 3.05) is 31.1 Å². The van der Waals surface area contributed by atoms with E-state index in [1.165, 1.54) is 28.6 Å². The number of carbonyl (C=O) groups excluding carboxylic acids is 2. The van der Waals surface area contributed by atoms with Gasteiger partial charge in [0.2, 0.25) is 15.9 Å². The predicted octanol–water partition coefficient (Wildman–Crippen LogP) is 2.63. The van der Waals surface area contributed by atoms with Crippen molar-refractivity contribution < 1.29 is 18.0 Å². The molecule has 0 unspecified atom stereocenters. The highest BCUT2D eigenvalue weighted by atomic mass is 35.5. The molecule has 2 fully saturated rings. The lowest BCUT2D eigenvalue weighted by Crippen LogP contribution is -2.53. The monoisotopic (exact) mass is 467 g/mol. The SMILES string of the molecule is O=C1C[C@H](N2CCN(S(=O)(=O)c3ccc(Cl)cc3)CC2)C(=O)N1c1cccc(Cl)c1. The second-order valence-corrected chi connectivity index (χ2v) is 9.97. The minimum Gasteiger partial charge on any atom is -0.289 e. The average Bonchev–Trinajstić information content (AvgIpc) is 3.02. The summed E-state index contributed by atoms with van der Waals surface area (Å²) < 4.78 is 27.1. The fraction of sp³-hybridized carbons (Fsp3) is 0.300. The molecule has 2 aromatic rings. The van der Waals surface area contributed by atoms with Gasteiger partial charge in [-0.1, -0.05) is 29.3 Å². The predicted molar refractivity (Wildman–Crippen MR) is 114 cm³/mol. The van der Waals surface area contributed by atoms with Crippen molar-refractivity contribution in [2.24, 2.45) is 0 Å². The van der Waals surface area contributed by atoms with Gasteiger partial charge in [0.15, 0.2) is 0 Å². The number of hydrogen-bond donors (Lipinski definition) is 0. The highest BCUT2D eigenvalue weighted by molar-refractivity contribution is 7.89. The summed E-state index contributed by atoms with van der Waals surface area (Å²) in [5.41, 5.74) is 0.448. The number of amides is 2. The zero-order valence-corrected chi connectivity index (χ0v) is 18.2. The maximum absolute atomic E-state index is 12.9. The summed E-state index contributed by atoms with van der Waals surface area (Å²) in [6, 6.07) is 12.0. The Morgan fingerprint density at radius 1 is 0.867 bits per heavy atom. The van der Waals surface area contributed by atoms with Crippen molar-refractivity contribution in [3.63, 3.8) is 0 Å². The minimum absolute atomic E-state index is 0.0648. The molecular formula is C20H19Cl2N3O4S. The van der Waals surface area contributed by atoms with E-state index in [0.29, 0.717) is 28.8 Å². The first-order valence-corrected chi connectivity index (χ1v) is 11.6. The van der Waals surface area contributed by atoms with Crippen molar-refractivity contribution >= 4 is 50.7 Å². The summed E-state index contributed by atoms with van der Waals surface area (Å²) in [6.07, 6.45) is 0.0648. The summed E-state index contributed by atoms with van der Waals surface area (Å²) in [5.74, 6) is -0.597. The van der Waals surface area contributed by atoms with Crippen LogP contribution in [0.5, 0.6) is 0 Å². The van der Waals surface area contributed by atoms with Crippen molar-refractivity contribution in [3.05, 3.63) is 58.6 Å². The van der Waals surface area contributed by atoms with Gasteiger partial charge in [0.1, 0.15) is 0 Å². The Bertz CT molecular complexity index is 1080. The highest BCUT2D eigenvalue weighted by Crippen LogP contribution is 2.29. The molecule has 4 rings (SSSR count). The third kappa shape index (κ3) is 3.98. The first-order chi connectivity index (χ1) is 14.3. The summed E-state index contributed by atoms with van der Waals surface area (Å²) in [4.78, 5) is 28.7. The van der Waals surface area contributed by atoms with E-state index in [2.05, 4.69) is 0 Å². The normalized spacial score (nSPS) is 21.4. The molecule has 2 saturated heterocycles. The maximum Gasteiger partial charge on any atom is 0.251 e. The zero-order chi connectivity index (χ0) is 21.5. The van der Waals surface area contributed by atoms with Gasteiger partial charge in [-0.2, -0.15) is 4.31 Å². The molecule has 2 aliphatic rings. The zero-order valence-electron chi connectivity index (χ0n) is 15.9. The number of anilines is 1. The molecule has 7 nitrogen and oxygen atoms in total. The lowest BCUT2D eigenvalue weighted by molar-refractivity contribution is -0.123. The van der Waals surface area contributed by atoms with Crippen LogP contribution in [0.4, 0.5) is 5.69 Å². The third-order valence-corrected chi connectivity index (χ3v) is 7.75. The van der Waals surface area contributed by atoms with Crippen LogP contribution < -0.4 is 4.90 Å². The van der Waals surface area contributed by atoms with E-state index in [0.717, 1.165) is 4.90 Å². The number of nitrogens with zero attached hydrogens (tertiary/aromatic N) is 3. The number of halogens is 2. The summed E-state index contributed by atoms with van der Waals surface area (Å²) in [7, 11) is -3.64. The van der Waals surface area contributed by atoms with E-state index in [1.807, 2.05) is 4.90 Å². The smallest absolute Gasteiger partial charge is 0.251 e. The molecule has 158 valence electrons. The molecule has 2 amide bonds. The summed E-state index contributed by atoms with van der Waals surface area (Å²) in [6.45, 7) is 1.19. The van der Waals surface area contributed by atoms with E-state index in [1.54, 1.807) is 24.3 Å². The van der Waals surface area contributed by atoms with Crippen molar-refractivity contribution in [1.82, 2.24) is 9.21 Å². The van der Waals surface area contributed by atoms with Crippen LogP contribution in [0.15, 0.2) is 53.4 Å². The van der Waals surface area contributed by atoms with Crippen molar-refractivity contribution in [1.29, 1.82) is 0 Å². The second kappa shape index (κ2) is 8.28. The van der Waals surface area contributed by atoms with Crippen LogP contribution in [0.3, 0.4) is 0 Å². The molecule has 30 heavy (non-hydrogen) atoms. The molecule has 2 aromatic carbocycles. The number of piperazine rings is 1. The van der Waals surface area contributed by atoms with Gasteiger partial charge in [0, 0.05) is 36.2 Å². The first kappa shape index (κ1) is 21.3. The van der Waals surface area contributed by atoms with E-state index in [9.17, 15) is 18.0 Å². The highest BCUT2D eigenvalue weighted by Gasteiger charge is 2.44. The largest absolute Gasteiger partial charge is 0.289 e. The van der Waals surface area contributed by atoms with Crippen LogP contribution >= 0.6 is 23.2 Å².